The average Bonchev–Trinajstić information content (AvgIpc) is 3.30. The monoisotopic (exact) mass is 516 g/mol. The van der Waals surface area contributed by atoms with Gasteiger partial charge in [-0.25, -0.2) is 17.2 Å². The van der Waals surface area contributed by atoms with Crippen molar-refractivity contribution in [2.24, 2.45) is 5.92 Å². The molecule has 3 rings (SSSR count). The van der Waals surface area contributed by atoms with Gasteiger partial charge in [0.1, 0.15) is 16.7 Å². The van der Waals surface area contributed by atoms with Gasteiger partial charge in [-0.15, -0.1) is 0 Å². The van der Waals surface area contributed by atoms with Crippen LogP contribution < -0.4 is 10.1 Å². The zero-order valence-electron chi connectivity index (χ0n) is 20.6. The molecular weight excluding hydrogens is 478 g/mol. The summed E-state index contributed by atoms with van der Waals surface area (Å²) in [6, 6.07) is 3.95. The van der Waals surface area contributed by atoms with Gasteiger partial charge in [0.15, 0.2) is 0 Å². The summed E-state index contributed by atoms with van der Waals surface area (Å²) in [5.41, 5.74) is 0.851. The molecule has 2 N–H and O–H groups in total. The Morgan fingerprint density at radius 3 is 2.63 bits per heavy atom. The van der Waals surface area contributed by atoms with Crippen molar-refractivity contribution in [3.8, 4) is 5.75 Å². The molecular formula is C25H38F2N2O5S. The van der Waals surface area contributed by atoms with E-state index in [1.54, 1.807) is 12.1 Å². The van der Waals surface area contributed by atoms with Gasteiger partial charge in [-0.3, -0.25) is 4.79 Å². The summed E-state index contributed by atoms with van der Waals surface area (Å²) in [4.78, 5) is 11.5. The molecule has 0 aromatic heterocycles. The predicted octanol–water partition coefficient (Wildman–Crippen LogP) is 4.59. The molecule has 0 spiro atoms. The molecule has 0 amide bonds. The molecule has 1 aliphatic heterocycles. The van der Waals surface area contributed by atoms with Crippen LogP contribution >= 0.6 is 0 Å². The van der Waals surface area contributed by atoms with Crippen LogP contribution in [0.4, 0.5) is 8.78 Å². The number of nitrogens with zero attached hydrogens (tertiary/aromatic N) is 1. The van der Waals surface area contributed by atoms with Crippen LogP contribution in [0.15, 0.2) is 23.1 Å². The molecule has 2 fully saturated rings. The number of benzene rings is 1. The van der Waals surface area contributed by atoms with E-state index in [1.807, 2.05) is 6.92 Å². The minimum Gasteiger partial charge on any atom is -0.492 e. The number of sulfonamides is 1. The first-order chi connectivity index (χ1) is 16.5. The summed E-state index contributed by atoms with van der Waals surface area (Å²) >= 11 is 0. The minimum atomic E-state index is -4.01. The van der Waals surface area contributed by atoms with E-state index in [1.165, 1.54) is 6.07 Å². The molecule has 1 saturated carbocycles. The second-order valence-corrected chi connectivity index (χ2v) is 11.7. The molecule has 7 nitrogen and oxygen atoms in total. The summed E-state index contributed by atoms with van der Waals surface area (Å²) < 4.78 is 60.3. The standard InChI is InChI=1S/C25H38F2N2O5S/c1-3-19(10-14-28-20-8-12-25(26,27)13-9-20)11-16-34-22-17-18(2)6-7-23(22)35(32,33)29-15-4-5-21(29)24(30)31/h6-7,17,19-21,28H,3-5,8-16H2,1-2H3,(H,30,31)/t19-,21+/m1/s1. The van der Waals surface area contributed by atoms with Crippen molar-refractivity contribution in [2.45, 2.75) is 94.5 Å². The Kier molecular flexibility index (Phi) is 9.51. The third-order valence-corrected chi connectivity index (χ3v) is 9.19. The highest BCUT2D eigenvalue weighted by Gasteiger charge is 2.40. The van der Waals surface area contributed by atoms with E-state index in [2.05, 4.69) is 12.2 Å². The van der Waals surface area contributed by atoms with E-state index in [0.717, 1.165) is 35.7 Å². The number of hydrogen-bond donors (Lipinski definition) is 2. The molecule has 35 heavy (non-hydrogen) atoms. The van der Waals surface area contributed by atoms with Crippen LogP contribution in [-0.4, -0.2) is 61.5 Å². The van der Waals surface area contributed by atoms with Crippen molar-refractivity contribution in [3.63, 3.8) is 0 Å². The van der Waals surface area contributed by atoms with Crippen molar-refractivity contribution in [1.29, 1.82) is 0 Å². The van der Waals surface area contributed by atoms with Gasteiger partial charge in [-0.1, -0.05) is 19.4 Å². The first-order valence-electron chi connectivity index (χ1n) is 12.6. The Morgan fingerprint density at radius 1 is 1.26 bits per heavy atom. The fourth-order valence-corrected chi connectivity index (χ4v) is 6.73. The minimum absolute atomic E-state index is 0.0000605. The summed E-state index contributed by atoms with van der Waals surface area (Å²) in [6.45, 7) is 5.21. The maximum Gasteiger partial charge on any atom is 0.322 e. The van der Waals surface area contributed by atoms with E-state index in [9.17, 15) is 27.1 Å². The van der Waals surface area contributed by atoms with Gasteiger partial charge in [-0.2, -0.15) is 4.31 Å². The second kappa shape index (κ2) is 12.0. The van der Waals surface area contributed by atoms with E-state index in [4.69, 9.17) is 4.74 Å². The lowest BCUT2D eigenvalue weighted by Crippen LogP contribution is -2.40. The van der Waals surface area contributed by atoms with E-state index >= 15 is 0 Å². The molecule has 0 radical (unpaired) electrons. The number of hydrogen-bond acceptors (Lipinski definition) is 5. The predicted molar refractivity (Wildman–Crippen MR) is 129 cm³/mol. The van der Waals surface area contributed by atoms with E-state index < -0.39 is 28.0 Å². The molecule has 1 heterocycles. The zero-order chi connectivity index (χ0) is 25.6. The number of aryl methyl sites for hydroxylation is 1. The molecule has 0 unspecified atom stereocenters. The van der Waals surface area contributed by atoms with Gasteiger partial charge in [0, 0.05) is 25.4 Å². The van der Waals surface area contributed by atoms with Crippen molar-refractivity contribution in [1.82, 2.24) is 9.62 Å². The molecule has 1 aromatic rings. The number of carboxylic acid groups (broad SMARTS) is 1. The number of ether oxygens (including phenoxy) is 1. The fourth-order valence-electron chi connectivity index (χ4n) is 4.97. The quantitative estimate of drug-likeness (QED) is 0.422. The number of carbonyl (C=O) groups is 1. The lowest BCUT2D eigenvalue weighted by molar-refractivity contribution is -0.140. The van der Waals surface area contributed by atoms with Crippen LogP contribution in [0.2, 0.25) is 0 Å². The van der Waals surface area contributed by atoms with Gasteiger partial charge < -0.3 is 15.2 Å². The lowest BCUT2D eigenvalue weighted by atomic mass is 9.92. The highest BCUT2D eigenvalue weighted by Crippen LogP contribution is 2.34. The molecule has 1 saturated heterocycles. The second-order valence-electron chi connectivity index (χ2n) is 9.85. The highest BCUT2D eigenvalue weighted by molar-refractivity contribution is 7.89. The van der Waals surface area contributed by atoms with E-state index in [-0.39, 0.29) is 36.1 Å². The smallest absolute Gasteiger partial charge is 0.322 e. The molecule has 10 heteroatoms. The largest absolute Gasteiger partial charge is 0.492 e. The summed E-state index contributed by atoms with van der Waals surface area (Å²) in [5.74, 6) is -3.06. The molecule has 1 aromatic carbocycles. The molecule has 1 aliphatic carbocycles. The zero-order valence-corrected chi connectivity index (χ0v) is 21.5. The van der Waals surface area contributed by atoms with Gasteiger partial charge in [0.25, 0.3) is 0 Å². The number of nitrogens with one attached hydrogen (secondary N) is 1. The highest BCUT2D eigenvalue weighted by atomic mass is 32.2. The van der Waals surface area contributed by atoms with Crippen molar-refractivity contribution in [2.75, 3.05) is 19.7 Å². The Hall–Kier alpha value is -1.78. The third kappa shape index (κ3) is 7.36. The lowest BCUT2D eigenvalue weighted by Gasteiger charge is -2.29. The topological polar surface area (TPSA) is 95.9 Å². The number of alkyl halides is 2. The molecule has 2 atom stereocenters. The average molecular weight is 517 g/mol. The van der Waals surface area contributed by atoms with Crippen molar-refractivity contribution in [3.05, 3.63) is 23.8 Å². The maximum absolute atomic E-state index is 13.3. The summed E-state index contributed by atoms with van der Waals surface area (Å²) in [7, 11) is -4.01. The van der Waals surface area contributed by atoms with Gasteiger partial charge in [0.2, 0.25) is 15.9 Å². The SMILES string of the molecule is CC[C@H](CCNC1CCC(F)(F)CC1)CCOc1cc(C)ccc1S(=O)(=O)N1CCC[C@H]1C(=O)O. The van der Waals surface area contributed by atoms with Gasteiger partial charge in [0.05, 0.1) is 6.61 Å². The molecule has 2 aliphatic rings. The van der Waals surface area contributed by atoms with Gasteiger partial charge >= 0.3 is 5.97 Å². The Bertz CT molecular complexity index is 963. The van der Waals surface area contributed by atoms with E-state index in [0.29, 0.717) is 38.2 Å². The van der Waals surface area contributed by atoms with Crippen LogP contribution in [0.25, 0.3) is 0 Å². The van der Waals surface area contributed by atoms with Crippen LogP contribution in [0, 0.1) is 12.8 Å². The number of aliphatic carboxylic acids is 1. The van der Waals surface area contributed by atoms with Crippen LogP contribution in [0.5, 0.6) is 5.75 Å². The Balaban J connectivity index is 1.55. The van der Waals surface area contributed by atoms with Crippen LogP contribution in [0.3, 0.4) is 0 Å². The first kappa shape index (κ1) is 27.8. The number of rotatable bonds is 12. The van der Waals surface area contributed by atoms with Crippen LogP contribution in [0.1, 0.15) is 70.3 Å². The number of carboxylic acids is 1. The summed E-state index contributed by atoms with van der Waals surface area (Å²) in [5, 5.41) is 12.8. The van der Waals surface area contributed by atoms with Gasteiger partial charge in [-0.05, 0) is 75.6 Å². The van der Waals surface area contributed by atoms with Crippen LogP contribution in [-0.2, 0) is 14.8 Å². The Morgan fingerprint density at radius 2 is 1.97 bits per heavy atom. The molecule has 0 bridgehead atoms. The first-order valence-corrected chi connectivity index (χ1v) is 14.1. The fraction of sp³-hybridized carbons (Fsp3) is 0.720. The third-order valence-electron chi connectivity index (χ3n) is 7.24. The summed E-state index contributed by atoms with van der Waals surface area (Å²) in [6.07, 6.45) is 4.25. The number of halogens is 2. The van der Waals surface area contributed by atoms with Crippen molar-refractivity contribution >= 4 is 16.0 Å². The Labute approximate surface area is 207 Å². The molecule has 198 valence electrons. The maximum atomic E-state index is 13.3. The normalized spacial score (nSPS) is 22.2. The van der Waals surface area contributed by atoms with Crippen molar-refractivity contribution < 1.29 is 31.8 Å².